The molecule has 0 aromatic carbocycles. The van der Waals surface area contributed by atoms with Gasteiger partial charge in [0.05, 0.1) is 0 Å². The summed E-state index contributed by atoms with van der Waals surface area (Å²) in [4.78, 5) is 0. The Morgan fingerprint density at radius 1 is 0.800 bits per heavy atom. The maximum Gasteiger partial charge on any atom is -0.0363 e. The third-order valence-electron chi connectivity index (χ3n) is 4.14. The lowest BCUT2D eigenvalue weighted by Crippen LogP contribution is -2.32. The Hall–Kier alpha value is 0. The minimum Gasteiger partial charge on any atom is -0.0683 e. The van der Waals surface area contributed by atoms with Crippen LogP contribution in [0.3, 0.4) is 0 Å². The monoisotopic (exact) mass is 212 g/mol. The fraction of sp³-hybridized carbons (Fsp3) is 1.00. The first-order valence-corrected chi connectivity index (χ1v) is 7.04. The van der Waals surface area contributed by atoms with Crippen LogP contribution in [0.4, 0.5) is 0 Å². The summed E-state index contributed by atoms with van der Waals surface area (Å²) in [6.45, 7) is 16.1. The van der Waals surface area contributed by atoms with Crippen molar-refractivity contribution in [3.8, 4) is 0 Å². The Balaban J connectivity index is 0.000000921. The maximum absolute atomic E-state index is 2.48. The van der Waals surface area contributed by atoms with Gasteiger partial charge in [-0.3, -0.25) is 0 Å². The Kier molecular flexibility index (Phi) is 7.30. The van der Waals surface area contributed by atoms with Crippen LogP contribution in [0.5, 0.6) is 0 Å². The molecule has 0 aliphatic heterocycles. The second-order valence-corrected chi connectivity index (χ2v) is 5.61. The molecule has 1 fully saturated rings. The molecule has 0 aromatic heterocycles. The van der Waals surface area contributed by atoms with Gasteiger partial charge < -0.3 is 0 Å². The second kappa shape index (κ2) is 7.30. The molecule has 0 nitrogen and oxygen atoms in total. The molecular formula is C15H32. The van der Waals surface area contributed by atoms with E-state index in [0.717, 1.165) is 29.6 Å². The third-order valence-corrected chi connectivity index (χ3v) is 4.14. The summed E-state index contributed by atoms with van der Waals surface area (Å²) < 4.78 is 0. The van der Waals surface area contributed by atoms with Gasteiger partial charge in [0.1, 0.15) is 0 Å². The average Bonchev–Trinajstić information content (AvgIpc) is 2.20. The van der Waals surface area contributed by atoms with Gasteiger partial charge in [-0.25, -0.2) is 0 Å². The standard InChI is InChI=1S/C13H26.C2H6/c1-9(2)12-7-6-8-13(10(3)4)11(12)5;1-2/h9-13H,6-8H2,1-5H3;1-2H3. The van der Waals surface area contributed by atoms with Gasteiger partial charge in [-0.1, -0.05) is 54.9 Å². The van der Waals surface area contributed by atoms with E-state index in [1.165, 1.54) is 19.3 Å². The van der Waals surface area contributed by atoms with Crippen LogP contribution >= 0.6 is 0 Å². The first-order chi connectivity index (χ1) is 7.04. The number of rotatable bonds is 2. The van der Waals surface area contributed by atoms with E-state index in [9.17, 15) is 0 Å². The number of hydrogen-bond acceptors (Lipinski definition) is 0. The molecule has 0 N–H and O–H groups in total. The van der Waals surface area contributed by atoms with Crippen molar-refractivity contribution in [1.29, 1.82) is 0 Å². The molecule has 0 heterocycles. The highest BCUT2D eigenvalue weighted by molar-refractivity contribution is 4.82. The normalized spacial score (nSPS) is 31.4. The van der Waals surface area contributed by atoms with Gasteiger partial charge in [-0.2, -0.15) is 0 Å². The summed E-state index contributed by atoms with van der Waals surface area (Å²) in [5, 5.41) is 0. The fourth-order valence-corrected chi connectivity index (χ4v) is 3.31. The van der Waals surface area contributed by atoms with Crippen molar-refractivity contribution in [3.05, 3.63) is 0 Å². The quantitative estimate of drug-likeness (QED) is 0.576. The summed E-state index contributed by atoms with van der Waals surface area (Å²) in [6, 6.07) is 0. The maximum atomic E-state index is 2.48. The third kappa shape index (κ3) is 4.17. The van der Waals surface area contributed by atoms with Crippen molar-refractivity contribution in [3.63, 3.8) is 0 Å². The molecule has 0 aromatic rings. The van der Waals surface area contributed by atoms with Crippen LogP contribution in [-0.4, -0.2) is 0 Å². The molecule has 2 atom stereocenters. The molecular weight excluding hydrogens is 180 g/mol. The van der Waals surface area contributed by atoms with Crippen LogP contribution in [-0.2, 0) is 0 Å². The van der Waals surface area contributed by atoms with E-state index in [2.05, 4.69) is 34.6 Å². The first kappa shape index (κ1) is 15.0. The molecule has 0 radical (unpaired) electrons. The topological polar surface area (TPSA) is 0 Å². The largest absolute Gasteiger partial charge is 0.0683 e. The summed E-state index contributed by atoms with van der Waals surface area (Å²) in [6.07, 6.45) is 4.42. The zero-order valence-corrected chi connectivity index (χ0v) is 12.0. The van der Waals surface area contributed by atoms with Gasteiger partial charge in [0.25, 0.3) is 0 Å². The van der Waals surface area contributed by atoms with Crippen LogP contribution in [0, 0.1) is 29.6 Å². The molecule has 0 amide bonds. The van der Waals surface area contributed by atoms with E-state index >= 15 is 0 Å². The van der Waals surface area contributed by atoms with E-state index < -0.39 is 0 Å². The molecule has 2 unspecified atom stereocenters. The van der Waals surface area contributed by atoms with Crippen molar-refractivity contribution in [2.45, 2.75) is 67.7 Å². The van der Waals surface area contributed by atoms with Gasteiger partial charge in [0.2, 0.25) is 0 Å². The molecule has 1 saturated carbocycles. The van der Waals surface area contributed by atoms with Gasteiger partial charge in [-0.15, -0.1) is 0 Å². The molecule has 1 aliphatic carbocycles. The smallest absolute Gasteiger partial charge is 0.0363 e. The van der Waals surface area contributed by atoms with Crippen molar-refractivity contribution >= 4 is 0 Å². The lowest BCUT2D eigenvalue weighted by molar-refractivity contribution is 0.0966. The average molecular weight is 212 g/mol. The zero-order chi connectivity index (χ0) is 12.0. The fourth-order valence-electron chi connectivity index (χ4n) is 3.31. The summed E-state index contributed by atoms with van der Waals surface area (Å²) in [7, 11) is 0. The minimum absolute atomic E-state index is 0.886. The van der Waals surface area contributed by atoms with E-state index in [4.69, 9.17) is 0 Å². The first-order valence-electron chi connectivity index (χ1n) is 7.04. The van der Waals surface area contributed by atoms with Crippen molar-refractivity contribution < 1.29 is 0 Å². The molecule has 0 heteroatoms. The molecule has 0 saturated heterocycles. The number of hydrogen-bond donors (Lipinski definition) is 0. The van der Waals surface area contributed by atoms with Crippen LogP contribution in [0.25, 0.3) is 0 Å². The summed E-state index contributed by atoms with van der Waals surface area (Å²) in [5.41, 5.74) is 0. The Morgan fingerprint density at radius 3 is 1.40 bits per heavy atom. The van der Waals surface area contributed by atoms with E-state index in [1.807, 2.05) is 13.8 Å². The second-order valence-electron chi connectivity index (χ2n) is 5.61. The molecule has 92 valence electrons. The van der Waals surface area contributed by atoms with E-state index in [-0.39, 0.29) is 0 Å². The van der Waals surface area contributed by atoms with Gasteiger partial charge in [0.15, 0.2) is 0 Å². The predicted octanol–water partition coefficient (Wildman–Crippen LogP) is 5.38. The van der Waals surface area contributed by atoms with Crippen molar-refractivity contribution in [1.82, 2.24) is 0 Å². The predicted molar refractivity (Wildman–Crippen MR) is 71.0 cm³/mol. The van der Waals surface area contributed by atoms with Gasteiger partial charge in [0, 0.05) is 0 Å². The molecule has 1 aliphatic rings. The van der Waals surface area contributed by atoms with Crippen LogP contribution in [0.1, 0.15) is 67.7 Å². The molecule has 0 spiro atoms. The summed E-state index contributed by atoms with van der Waals surface area (Å²) in [5.74, 6) is 4.70. The van der Waals surface area contributed by atoms with E-state index in [1.54, 1.807) is 0 Å². The lowest BCUT2D eigenvalue weighted by Gasteiger charge is -2.40. The molecule has 0 bridgehead atoms. The Bertz CT molecular complexity index is 130. The highest BCUT2D eigenvalue weighted by Gasteiger charge is 2.32. The van der Waals surface area contributed by atoms with E-state index in [0.29, 0.717) is 0 Å². The van der Waals surface area contributed by atoms with Crippen LogP contribution < -0.4 is 0 Å². The SMILES string of the molecule is CC.CC(C)C1CCCC(C(C)C)C1C. The Labute approximate surface area is 97.8 Å². The zero-order valence-electron chi connectivity index (χ0n) is 12.0. The van der Waals surface area contributed by atoms with Crippen molar-refractivity contribution in [2.24, 2.45) is 29.6 Å². The minimum atomic E-state index is 0.886. The highest BCUT2D eigenvalue weighted by Crippen LogP contribution is 2.41. The van der Waals surface area contributed by atoms with Crippen LogP contribution in [0.15, 0.2) is 0 Å². The highest BCUT2D eigenvalue weighted by atomic mass is 14.4. The lowest BCUT2D eigenvalue weighted by atomic mass is 9.65. The van der Waals surface area contributed by atoms with Crippen LogP contribution in [0.2, 0.25) is 0 Å². The Morgan fingerprint density at radius 2 is 1.13 bits per heavy atom. The summed E-state index contributed by atoms with van der Waals surface area (Å²) >= 11 is 0. The molecule has 1 rings (SSSR count). The van der Waals surface area contributed by atoms with Crippen molar-refractivity contribution in [2.75, 3.05) is 0 Å². The van der Waals surface area contributed by atoms with Gasteiger partial charge >= 0.3 is 0 Å². The van der Waals surface area contributed by atoms with Gasteiger partial charge in [-0.05, 0) is 42.4 Å². The molecule has 15 heavy (non-hydrogen) atoms.